The van der Waals surface area contributed by atoms with Crippen LogP contribution in [0.15, 0.2) is 47.4 Å². The van der Waals surface area contributed by atoms with Crippen LogP contribution in [0.4, 0.5) is 0 Å². The van der Waals surface area contributed by atoms with E-state index in [0.717, 1.165) is 23.7 Å². The van der Waals surface area contributed by atoms with Gasteiger partial charge in [0.05, 0.1) is 0 Å². The summed E-state index contributed by atoms with van der Waals surface area (Å²) in [5.41, 5.74) is 0. The number of rotatable bonds is 3. The molecule has 2 aliphatic carbocycles. The fourth-order valence-electron chi connectivity index (χ4n) is 6.50. The molecule has 1 aliphatic heterocycles. The van der Waals surface area contributed by atoms with Gasteiger partial charge >= 0.3 is 0 Å². The van der Waals surface area contributed by atoms with Gasteiger partial charge in [-0.25, -0.2) is 0 Å². The monoisotopic (exact) mass is 379 g/mol. The summed E-state index contributed by atoms with van der Waals surface area (Å²) in [5.74, 6) is 7.13. The smallest absolute Gasteiger partial charge is 0.0616 e. The quantitative estimate of drug-likeness (QED) is 0.494. The lowest BCUT2D eigenvalue weighted by molar-refractivity contribution is 0.147. The Morgan fingerprint density at radius 1 is 0.593 bits per heavy atom. The van der Waals surface area contributed by atoms with Crippen molar-refractivity contribution in [2.75, 3.05) is 11.5 Å². The van der Waals surface area contributed by atoms with E-state index in [9.17, 15) is 0 Å². The molecule has 144 valence electrons. The molecule has 2 aromatic carbocycles. The Bertz CT molecular complexity index is 722. The summed E-state index contributed by atoms with van der Waals surface area (Å²) in [6.07, 6.45) is 15.1. The molecule has 0 bridgehead atoms. The summed E-state index contributed by atoms with van der Waals surface area (Å²) in [6, 6.07) is 16.2. The molecule has 3 aliphatic rings. The molecule has 0 radical (unpaired) electrons. The molecular formula is C26H35S+. The van der Waals surface area contributed by atoms with E-state index in [0.29, 0.717) is 10.9 Å². The first-order valence-electron chi connectivity index (χ1n) is 11.6. The summed E-state index contributed by atoms with van der Waals surface area (Å²) in [5, 5.41) is 2.98. The minimum atomic E-state index is 0.471. The van der Waals surface area contributed by atoms with Gasteiger partial charge in [0.15, 0.2) is 4.90 Å². The molecule has 0 spiro atoms. The molecule has 0 nitrogen and oxygen atoms in total. The highest BCUT2D eigenvalue weighted by Gasteiger charge is 2.49. The highest BCUT2D eigenvalue weighted by molar-refractivity contribution is 7.97. The molecule has 0 N–H and O–H groups in total. The molecule has 5 rings (SSSR count). The minimum absolute atomic E-state index is 0.471. The Balaban J connectivity index is 1.45. The number of fused-ring (bicyclic) bond motifs is 1. The van der Waals surface area contributed by atoms with E-state index in [-0.39, 0.29) is 0 Å². The van der Waals surface area contributed by atoms with Gasteiger partial charge in [-0.1, -0.05) is 68.9 Å². The predicted molar refractivity (Wildman–Crippen MR) is 119 cm³/mol. The first-order valence-corrected chi connectivity index (χ1v) is 13.1. The van der Waals surface area contributed by atoms with Crippen molar-refractivity contribution in [3.05, 3.63) is 42.5 Å². The molecule has 1 heterocycles. The van der Waals surface area contributed by atoms with E-state index in [4.69, 9.17) is 0 Å². The Morgan fingerprint density at radius 3 is 1.78 bits per heavy atom. The van der Waals surface area contributed by atoms with E-state index >= 15 is 0 Å². The van der Waals surface area contributed by atoms with Gasteiger partial charge in [0, 0.05) is 28.1 Å². The van der Waals surface area contributed by atoms with Crippen LogP contribution in [0.2, 0.25) is 0 Å². The Morgan fingerprint density at radius 2 is 1.15 bits per heavy atom. The van der Waals surface area contributed by atoms with Gasteiger partial charge < -0.3 is 0 Å². The summed E-state index contributed by atoms with van der Waals surface area (Å²) in [4.78, 5) is 1.69. The SMILES string of the molecule is c1ccc2c([S+]3CC(C4CCCCC4)C(C4CCCCC4)C3)cccc2c1. The van der Waals surface area contributed by atoms with Crippen molar-refractivity contribution in [1.29, 1.82) is 0 Å². The second-order valence-electron chi connectivity index (χ2n) is 9.43. The zero-order chi connectivity index (χ0) is 18.1. The largest absolute Gasteiger partial charge is 0.162 e. The Labute approximate surface area is 168 Å². The molecule has 1 heteroatoms. The molecule has 2 aromatic rings. The lowest BCUT2D eigenvalue weighted by Gasteiger charge is -2.34. The van der Waals surface area contributed by atoms with Crippen LogP contribution >= 0.6 is 0 Å². The Kier molecular flexibility index (Phi) is 5.49. The van der Waals surface area contributed by atoms with Crippen molar-refractivity contribution in [3.8, 4) is 0 Å². The average molecular weight is 380 g/mol. The van der Waals surface area contributed by atoms with E-state index in [1.807, 2.05) is 0 Å². The first-order chi connectivity index (χ1) is 13.4. The normalized spacial score (nSPS) is 30.7. The molecule has 1 saturated heterocycles. The fourth-order valence-corrected chi connectivity index (χ4v) is 9.73. The maximum atomic E-state index is 2.46. The van der Waals surface area contributed by atoms with Crippen molar-refractivity contribution in [2.24, 2.45) is 23.7 Å². The van der Waals surface area contributed by atoms with Crippen molar-refractivity contribution in [1.82, 2.24) is 0 Å². The lowest BCUT2D eigenvalue weighted by Crippen LogP contribution is -2.30. The van der Waals surface area contributed by atoms with Crippen LogP contribution in [0, 0.1) is 23.7 Å². The van der Waals surface area contributed by atoms with E-state index in [1.165, 1.54) is 86.5 Å². The highest BCUT2D eigenvalue weighted by atomic mass is 32.2. The predicted octanol–water partition coefficient (Wildman–Crippen LogP) is 7.22. The summed E-state index contributed by atoms with van der Waals surface area (Å²) >= 11 is 0. The van der Waals surface area contributed by atoms with Crippen LogP contribution in [0.3, 0.4) is 0 Å². The molecule has 2 saturated carbocycles. The molecule has 2 atom stereocenters. The summed E-state index contributed by atoms with van der Waals surface area (Å²) < 4.78 is 0. The van der Waals surface area contributed by atoms with Crippen molar-refractivity contribution in [3.63, 3.8) is 0 Å². The number of hydrogen-bond donors (Lipinski definition) is 0. The van der Waals surface area contributed by atoms with Crippen LogP contribution in [-0.4, -0.2) is 11.5 Å². The Hall–Kier alpha value is -0.950. The van der Waals surface area contributed by atoms with Crippen molar-refractivity contribution >= 4 is 21.7 Å². The van der Waals surface area contributed by atoms with Crippen LogP contribution < -0.4 is 0 Å². The maximum Gasteiger partial charge on any atom is 0.162 e. The zero-order valence-corrected chi connectivity index (χ0v) is 17.6. The van der Waals surface area contributed by atoms with E-state index in [1.54, 1.807) is 4.90 Å². The zero-order valence-electron chi connectivity index (χ0n) is 16.7. The maximum absolute atomic E-state index is 2.46. The van der Waals surface area contributed by atoms with Crippen LogP contribution in [0.1, 0.15) is 64.2 Å². The van der Waals surface area contributed by atoms with Gasteiger partial charge in [-0.2, -0.15) is 0 Å². The molecule has 3 fully saturated rings. The third kappa shape index (κ3) is 3.69. The van der Waals surface area contributed by atoms with Crippen LogP contribution in [0.25, 0.3) is 10.8 Å². The second kappa shape index (κ2) is 8.19. The van der Waals surface area contributed by atoms with Crippen molar-refractivity contribution < 1.29 is 0 Å². The van der Waals surface area contributed by atoms with Crippen LogP contribution in [0.5, 0.6) is 0 Å². The van der Waals surface area contributed by atoms with E-state index in [2.05, 4.69) is 42.5 Å². The molecule has 0 amide bonds. The second-order valence-corrected chi connectivity index (χ2v) is 11.5. The van der Waals surface area contributed by atoms with E-state index < -0.39 is 0 Å². The van der Waals surface area contributed by atoms with Gasteiger partial charge in [-0.3, -0.25) is 0 Å². The summed E-state index contributed by atoms with van der Waals surface area (Å²) in [6.45, 7) is 0. The fraction of sp³-hybridized carbons (Fsp3) is 0.615. The van der Waals surface area contributed by atoms with Gasteiger partial charge in [-0.15, -0.1) is 0 Å². The first kappa shape index (κ1) is 18.1. The van der Waals surface area contributed by atoms with Gasteiger partial charge in [0.1, 0.15) is 11.5 Å². The number of benzene rings is 2. The topological polar surface area (TPSA) is 0 Å². The summed E-state index contributed by atoms with van der Waals surface area (Å²) in [7, 11) is 0.471. The molecule has 27 heavy (non-hydrogen) atoms. The third-order valence-corrected chi connectivity index (χ3v) is 10.5. The van der Waals surface area contributed by atoms with Crippen molar-refractivity contribution in [2.45, 2.75) is 69.1 Å². The lowest BCUT2D eigenvalue weighted by atomic mass is 9.68. The van der Waals surface area contributed by atoms with Gasteiger partial charge in [0.2, 0.25) is 0 Å². The third-order valence-electron chi connectivity index (χ3n) is 7.91. The molecule has 0 aromatic heterocycles. The number of hydrogen-bond acceptors (Lipinski definition) is 0. The molecule has 2 unspecified atom stereocenters. The van der Waals surface area contributed by atoms with Crippen LogP contribution in [-0.2, 0) is 10.9 Å². The molecular weight excluding hydrogens is 344 g/mol. The van der Waals surface area contributed by atoms with Gasteiger partial charge in [-0.05, 0) is 55.0 Å². The minimum Gasteiger partial charge on any atom is -0.0616 e. The van der Waals surface area contributed by atoms with Gasteiger partial charge in [0.25, 0.3) is 0 Å². The standard InChI is InChI=1S/C26H35S/c1-3-10-21(11-4-1)24-18-27(19-25(24)22-12-5-2-6-13-22)26-17-9-15-20-14-7-8-16-23(20)26/h7-9,14-17,21-22,24-25H,1-6,10-13,18-19H2/q+1. The average Bonchev–Trinajstić information content (AvgIpc) is 3.20. The highest BCUT2D eigenvalue weighted by Crippen LogP contribution is 2.48.